The number of nitrogens with one attached hydrogen (secondary N) is 1. The van der Waals surface area contributed by atoms with Gasteiger partial charge in [0.25, 0.3) is 0 Å². The lowest BCUT2D eigenvalue weighted by atomic mass is 10.1. The lowest BCUT2D eigenvalue weighted by molar-refractivity contribution is 0.0977. The van der Waals surface area contributed by atoms with Crippen LogP contribution in [0, 0.1) is 5.92 Å². The molecule has 0 aliphatic rings. The third-order valence-electron chi connectivity index (χ3n) is 2.72. The van der Waals surface area contributed by atoms with Gasteiger partial charge in [0.1, 0.15) is 0 Å². The van der Waals surface area contributed by atoms with Crippen LogP contribution in [-0.4, -0.2) is 51.8 Å². The maximum absolute atomic E-state index is 5.21. The van der Waals surface area contributed by atoms with Crippen LogP contribution in [0.3, 0.4) is 0 Å². The minimum absolute atomic E-state index is 0.485. The molecule has 3 heteroatoms. The van der Waals surface area contributed by atoms with E-state index < -0.39 is 0 Å². The second kappa shape index (κ2) is 8.21. The third kappa shape index (κ3) is 5.58. The molecule has 2 unspecified atom stereocenters. The molecule has 0 fully saturated rings. The number of hydrogen-bond donors (Lipinski definition) is 1. The average Bonchev–Trinajstić information content (AvgIpc) is 2.17. The van der Waals surface area contributed by atoms with E-state index >= 15 is 0 Å². The van der Waals surface area contributed by atoms with Gasteiger partial charge in [0.15, 0.2) is 0 Å². The first-order valence-corrected chi connectivity index (χ1v) is 5.49. The molecular weight excluding hydrogens is 176 g/mol. The Balaban J connectivity index is 3.92. The lowest BCUT2D eigenvalue weighted by Crippen LogP contribution is -2.43. The summed E-state index contributed by atoms with van der Waals surface area (Å²) in [6.45, 7) is 7.46. The van der Waals surface area contributed by atoms with Crippen molar-refractivity contribution in [1.29, 1.82) is 0 Å². The molecule has 0 spiro atoms. The van der Waals surface area contributed by atoms with Crippen LogP contribution in [0.2, 0.25) is 0 Å². The molecule has 14 heavy (non-hydrogen) atoms. The average molecular weight is 202 g/mol. The van der Waals surface area contributed by atoms with Crippen LogP contribution in [0.25, 0.3) is 0 Å². The Kier molecular flexibility index (Phi) is 8.14. The summed E-state index contributed by atoms with van der Waals surface area (Å²) in [5.74, 6) is 0.760. The minimum Gasteiger partial charge on any atom is -0.383 e. The van der Waals surface area contributed by atoms with Crippen molar-refractivity contribution in [3.63, 3.8) is 0 Å². The zero-order chi connectivity index (χ0) is 11.0. The fourth-order valence-corrected chi connectivity index (χ4v) is 1.54. The Labute approximate surface area is 88.8 Å². The molecule has 1 N–H and O–H groups in total. The second-order valence-corrected chi connectivity index (χ2v) is 4.12. The maximum Gasteiger partial charge on any atom is 0.0630 e. The summed E-state index contributed by atoms with van der Waals surface area (Å²) in [7, 11) is 5.92. The van der Waals surface area contributed by atoms with Crippen molar-refractivity contribution in [2.75, 3.05) is 40.9 Å². The number of hydrogen-bond acceptors (Lipinski definition) is 3. The Hall–Kier alpha value is -0.120. The molecule has 0 rings (SSSR count). The van der Waals surface area contributed by atoms with Crippen molar-refractivity contribution < 1.29 is 4.74 Å². The number of methoxy groups -OCH3 is 1. The molecule has 0 heterocycles. The quantitative estimate of drug-likeness (QED) is 0.640. The molecule has 0 aromatic rings. The van der Waals surface area contributed by atoms with Gasteiger partial charge in [0.05, 0.1) is 6.61 Å². The van der Waals surface area contributed by atoms with Gasteiger partial charge in [-0.25, -0.2) is 0 Å². The molecule has 0 saturated carbocycles. The van der Waals surface area contributed by atoms with E-state index in [2.05, 4.69) is 31.1 Å². The van der Waals surface area contributed by atoms with Gasteiger partial charge in [-0.2, -0.15) is 0 Å². The van der Waals surface area contributed by atoms with E-state index in [0.29, 0.717) is 6.04 Å². The lowest BCUT2D eigenvalue weighted by Gasteiger charge is -2.29. The fraction of sp³-hybridized carbons (Fsp3) is 1.00. The highest BCUT2D eigenvalue weighted by Crippen LogP contribution is 2.05. The second-order valence-electron chi connectivity index (χ2n) is 4.12. The minimum atomic E-state index is 0.485. The summed E-state index contributed by atoms with van der Waals surface area (Å²) in [6.07, 6.45) is 1.24. The van der Waals surface area contributed by atoms with Crippen LogP contribution in [0.4, 0.5) is 0 Å². The Bertz CT molecular complexity index is 124. The fourth-order valence-electron chi connectivity index (χ4n) is 1.54. The van der Waals surface area contributed by atoms with E-state index in [-0.39, 0.29) is 0 Å². The Morgan fingerprint density at radius 1 is 1.43 bits per heavy atom. The number of rotatable bonds is 8. The molecule has 0 amide bonds. The zero-order valence-corrected chi connectivity index (χ0v) is 10.3. The molecule has 0 saturated heterocycles. The first-order valence-electron chi connectivity index (χ1n) is 5.49. The standard InChI is InChI=1S/C11H26N2O/c1-6-10(2)8-13(4)11(7-12-3)9-14-5/h10-12H,6-9H2,1-5H3. The molecule has 0 aromatic carbocycles. The summed E-state index contributed by atoms with van der Waals surface area (Å²) < 4.78 is 5.21. The van der Waals surface area contributed by atoms with Crippen LogP contribution >= 0.6 is 0 Å². The van der Waals surface area contributed by atoms with Gasteiger partial charge in [-0.05, 0) is 20.0 Å². The van der Waals surface area contributed by atoms with Gasteiger partial charge in [0, 0.05) is 26.2 Å². The van der Waals surface area contributed by atoms with Crippen molar-refractivity contribution in [2.45, 2.75) is 26.3 Å². The molecular formula is C11H26N2O. The van der Waals surface area contributed by atoms with Crippen molar-refractivity contribution in [2.24, 2.45) is 5.92 Å². The smallest absolute Gasteiger partial charge is 0.0630 e. The van der Waals surface area contributed by atoms with E-state index in [4.69, 9.17) is 4.74 Å². The third-order valence-corrected chi connectivity index (χ3v) is 2.72. The zero-order valence-electron chi connectivity index (χ0n) is 10.3. The summed E-state index contributed by atoms with van der Waals surface area (Å²) in [5.41, 5.74) is 0. The Morgan fingerprint density at radius 2 is 2.07 bits per heavy atom. The van der Waals surface area contributed by atoms with Crippen LogP contribution in [0.15, 0.2) is 0 Å². The molecule has 3 nitrogen and oxygen atoms in total. The van der Waals surface area contributed by atoms with Crippen LogP contribution in [0.1, 0.15) is 20.3 Å². The highest BCUT2D eigenvalue weighted by Gasteiger charge is 2.15. The number of likely N-dealkylation sites (N-methyl/N-ethyl adjacent to an activating group) is 2. The normalized spacial score (nSPS) is 15.9. The molecule has 0 radical (unpaired) electrons. The van der Waals surface area contributed by atoms with Crippen molar-refractivity contribution >= 4 is 0 Å². The van der Waals surface area contributed by atoms with Crippen LogP contribution < -0.4 is 5.32 Å². The predicted molar refractivity (Wildman–Crippen MR) is 61.7 cm³/mol. The maximum atomic E-state index is 5.21. The van der Waals surface area contributed by atoms with Crippen molar-refractivity contribution in [3.05, 3.63) is 0 Å². The van der Waals surface area contributed by atoms with E-state index in [1.807, 2.05) is 7.05 Å². The van der Waals surface area contributed by atoms with Gasteiger partial charge in [0.2, 0.25) is 0 Å². The first kappa shape index (κ1) is 13.9. The number of nitrogens with zero attached hydrogens (tertiary/aromatic N) is 1. The summed E-state index contributed by atoms with van der Waals surface area (Å²) in [4.78, 5) is 2.38. The molecule has 2 atom stereocenters. The molecule has 0 bridgehead atoms. The largest absolute Gasteiger partial charge is 0.383 e. The first-order chi connectivity index (χ1) is 6.65. The van der Waals surface area contributed by atoms with Crippen LogP contribution in [0.5, 0.6) is 0 Å². The molecule has 86 valence electrons. The van der Waals surface area contributed by atoms with E-state index in [0.717, 1.165) is 25.6 Å². The van der Waals surface area contributed by atoms with Crippen molar-refractivity contribution in [3.8, 4) is 0 Å². The van der Waals surface area contributed by atoms with Crippen molar-refractivity contribution in [1.82, 2.24) is 10.2 Å². The van der Waals surface area contributed by atoms with E-state index in [1.165, 1.54) is 6.42 Å². The highest BCUT2D eigenvalue weighted by atomic mass is 16.5. The predicted octanol–water partition coefficient (Wildman–Crippen LogP) is 1.20. The van der Waals surface area contributed by atoms with Gasteiger partial charge in [-0.1, -0.05) is 20.3 Å². The number of ether oxygens (including phenoxy) is 1. The van der Waals surface area contributed by atoms with Gasteiger partial charge in [-0.15, -0.1) is 0 Å². The van der Waals surface area contributed by atoms with Gasteiger partial charge in [-0.3, -0.25) is 4.90 Å². The van der Waals surface area contributed by atoms with Gasteiger partial charge < -0.3 is 10.1 Å². The SMILES string of the molecule is CCC(C)CN(C)C(CNC)COC. The van der Waals surface area contributed by atoms with Gasteiger partial charge >= 0.3 is 0 Å². The van der Waals surface area contributed by atoms with E-state index in [9.17, 15) is 0 Å². The summed E-state index contributed by atoms with van der Waals surface area (Å²) in [6, 6.07) is 0.485. The molecule has 0 aliphatic heterocycles. The summed E-state index contributed by atoms with van der Waals surface area (Å²) in [5, 5.41) is 3.20. The molecule has 0 aliphatic carbocycles. The monoisotopic (exact) mass is 202 g/mol. The topological polar surface area (TPSA) is 24.5 Å². The summed E-state index contributed by atoms with van der Waals surface area (Å²) >= 11 is 0. The van der Waals surface area contributed by atoms with E-state index in [1.54, 1.807) is 7.11 Å². The molecule has 0 aromatic heterocycles. The van der Waals surface area contributed by atoms with Crippen LogP contribution in [-0.2, 0) is 4.74 Å². The Morgan fingerprint density at radius 3 is 2.50 bits per heavy atom. The highest BCUT2D eigenvalue weighted by molar-refractivity contribution is 4.71.